The van der Waals surface area contributed by atoms with Crippen molar-refractivity contribution >= 4 is 0 Å². The van der Waals surface area contributed by atoms with E-state index in [9.17, 15) is 5.11 Å². The van der Waals surface area contributed by atoms with Crippen LogP contribution in [-0.2, 0) is 4.74 Å². The molecule has 3 atom stereocenters. The quantitative estimate of drug-likeness (QED) is 0.781. The fraction of sp³-hybridized carbons (Fsp3) is 1.00. The van der Waals surface area contributed by atoms with E-state index >= 15 is 0 Å². The molecule has 1 fully saturated rings. The maximum Gasteiger partial charge on any atom is 0.0773 e. The molecule has 0 bridgehead atoms. The Balaban J connectivity index is 2.43. The summed E-state index contributed by atoms with van der Waals surface area (Å²) in [6.07, 6.45) is 5.72. The van der Waals surface area contributed by atoms with Gasteiger partial charge < -0.3 is 9.84 Å². The highest BCUT2D eigenvalue weighted by molar-refractivity contribution is 4.87. The molecule has 2 nitrogen and oxygen atoms in total. The van der Waals surface area contributed by atoms with Crippen molar-refractivity contribution in [2.45, 2.75) is 72.0 Å². The van der Waals surface area contributed by atoms with Crippen molar-refractivity contribution in [1.29, 1.82) is 0 Å². The monoisotopic (exact) mass is 228 g/mol. The van der Waals surface area contributed by atoms with Gasteiger partial charge in [-0.2, -0.15) is 0 Å². The molecule has 0 unspecified atom stereocenters. The van der Waals surface area contributed by atoms with Crippen molar-refractivity contribution in [2.24, 2.45) is 11.3 Å². The number of hydrogen-bond acceptors (Lipinski definition) is 2. The molecule has 1 rings (SSSR count). The maximum absolute atomic E-state index is 9.71. The van der Waals surface area contributed by atoms with Crippen molar-refractivity contribution < 1.29 is 9.84 Å². The molecule has 0 aromatic rings. The predicted molar refractivity (Wildman–Crippen MR) is 67.5 cm³/mol. The summed E-state index contributed by atoms with van der Waals surface area (Å²) >= 11 is 0. The minimum absolute atomic E-state index is 0.267. The third-order valence-electron chi connectivity index (χ3n) is 3.86. The molecule has 0 saturated heterocycles. The van der Waals surface area contributed by atoms with Gasteiger partial charge in [-0.15, -0.1) is 0 Å². The van der Waals surface area contributed by atoms with Crippen LogP contribution in [0.3, 0.4) is 0 Å². The molecule has 16 heavy (non-hydrogen) atoms. The molecule has 0 heterocycles. The molecule has 0 aromatic heterocycles. The fourth-order valence-corrected chi connectivity index (χ4v) is 2.96. The Bertz CT molecular complexity index is 201. The molecular formula is C14H28O2. The molecule has 2 heteroatoms. The molecule has 0 aliphatic heterocycles. The molecule has 0 aromatic carbocycles. The molecule has 1 saturated carbocycles. The Hall–Kier alpha value is -0.0800. The van der Waals surface area contributed by atoms with Crippen LogP contribution in [-0.4, -0.2) is 23.9 Å². The minimum atomic E-state index is -0.282. The Morgan fingerprint density at radius 3 is 2.69 bits per heavy atom. The second-order valence-corrected chi connectivity index (χ2v) is 6.05. The van der Waals surface area contributed by atoms with E-state index in [4.69, 9.17) is 4.74 Å². The van der Waals surface area contributed by atoms with Gasteiger partial charge >= 0.3 is 0 Å². The molecule has 1 aliphatic rings. The molecule has 0 radical (unpaired) electrons. The first-order valence-corrected chi connectivity index (χ1v) is 6.77. The minimum Gasteiger partial charge on any atom is -0.391 e. The highest BCUT2D eigenvalue weighted by Crippen LogP contribution is 2.40. The van der Waals surface area contributed by atoms with E-state index in [2.05, 4.69) is 27.7 Å². The number of rotatable bonds is 5. The number of ether oxygens (including phenoxy) is 1. The van der Waals surface area contributed by atoms with Gasteiger partial charge in [-0.3, -0.25) is 0 Å². The predicted octanol–water partition coefficient (Wildman–Crippen LogP) is 3.38. The van der Waals surface area contributed by atoms with Gasteiger partial charge in [0.2, 0.25) is 0 Å². The van der Waals surface area contributed by atoms with E-state index in [1.807, 2.05) is 0 Å². The largest absolute Gasteiger partial charge is 0.391 e. The maximum atomic E-state index is 9.71. The first kappa shape index (κ1) is 14.0. The summed E-state index contributed by atoms with van der Waals surface area (Å²) in [6, 6.07) is 0. The molecular weight excluding hydrogens is 200 g/mol. The van der Waals surface area contributed by atoms with E-state index in [1.54, 1.807) is 0 Å². The fourth-order valence-electron chi connectivity index (χ4n) is 2.96. The average molecular weight is 228 g/mol. The average Bonchev–Trinajstić information content (AvgIpc) is 2.16. The summed E-state index contributed by atoms with van der Waals surface area (Å²) in [5.41, 5.74) is 0.267. The molecule has 96 valence electrons. The smallest absolute Gasteiger partial charge is 0.0773 e. The van der Waals surface area contributed by atoms with Crippen LogP contribution in [0.15, 0.2) is 0 Å². The van der Waals surface area contributed by atoms with Crippen LogP contribution in [0.1, 0.15) is 59.8 Å². The van der Waals surface area contributed by atoms with Crippen LogP contribution in [0.25, 0.3) is 0 Å². The zero-order chi connectivity index (χ0) is 12.2. The first-order chi connectivity index (χ1) is 7.47. The van der Waals surface area contributed by atoms with Crippen LogP contribution in [0.4, 0.5) is 0 Å². The van der Waals surface area contributed by atoms with Crippen molar-refractivity contribution in [1.82, 2.24) is 0 Å². The van der Waals surface area contributed by atoms with Crippen molar-refractivity contribution in [3.8, 4) is 0 Å². The van der Waals surface area contributed by atoms with Gasteiger partial charge in [0.05, 0.1) is 18.8 Å². The lowest BCUT2D eigenvalue weighted by atomic mass is 9.70. The van der Waals surface area contributed by atoms with Crippen molar-refractivity contribution in [3.05, 3.63) is 0 Å². The zero-order valence-electron chi connectivity index (χ0n) is 11.3. The summed E-state index contributed by atoms with van der Waals surface area (Å²) in [5.74, 6) is 0.623. The molecule has 1 N–H and O–H groups in total. The van der Waals surface area contributed by atoms with Gasteiger partial charge in [-0.25, -0.2) is 0 Å². The lowest BCUT2D eigenvalue weighted by Crippen LogP contribution is -2.42. The van der Waals surface area contributed by atoms with Crippen molar-refractivity contribution in [3.63, 3.8) is 0 Å². The van der Waals surface area contributed by atoms with Gasteiger partial charge in [-0.05, 0) is 30.6 Å². The normalized spacial score (nSPS) is 31.3. The number of aliphatic hydroxyl groups is 1. The highest BCUT2D eigenvalue weighted by atomic mass is 16.5. The van der Waals surface area contributed by atoms with E-state index < -0.39 is 0 Å². The summed E-state index contributed by atoms with van der Waals surface area (Å²) in [5, 5.41) is 9.71. The lowest BCUT2D eigenvalue weighted by Gasteiger charge is -2.42. The molecule has 0 spiro atoms. The third-order valence-corrected chi connectivity index (χ3v) is 3.86. The lowest BCUT2D eigenvalue weighted by molar-refractivity contribution is -0.104. The summed E-state index contributed by atoms with van der Waals surface area (Å²) in [6.45, 7) is 9.46. The topological polar surface area (TPSA) is 29.5 Å². The molecule has 1 aliphatic carbocycles. The SMILES string of the molecule is CCC[C@H](O)CO[C@H]1[C@H](C)CCCC1(C)C. The Morgan fingerprint density at radius 1 is 1.44 bits per heavy atom. The third kappa shape index (κ3) is 3.74. The Labute approximate surface area is 100 Å². The van der Waals surface area contributed by atoms with E-state index in [1.165, 1.54) is 19.3 Å². The summed E-state index contributed by atoms with van der Waals surface area (Å²) in [7, 11) is 0. The number of aliphatic hydroxyl groups excluding tert-OH is 1. The van der Waals surface area contributed by atoms with E-state index in [0.29, 0.717) is 18.6 Å². The van der Waals surface area contributed by atoms with Gasteiger partial charge in [-0.1, -0.05) is 40.5 Å². The van der Waals surface area contributed by atoms with Gasteiger partial charge in [0.25, 0.3) is 0 Å². The van der Waals surface area contributed by atoms with Gasteiger partial charge in [0.1, 0.15) is 0 Å². The van der Waals surface area contributed by atoms with Crippen LogP contribution in [0, 0.1) is 11.3 Å². The summed E-state index contributed by atoms with van der Waals surface area (Å²) < 4.78 is 5.97. The molecule has 0 amide bonds. The standard InChI is InChI=1S/C14H28O2/c1-5-7-12(15)10-16-13-11(2)8-6-9-14(13,3)4/h11-13,15H,5-10H2,1-4H3/t11-,12+,13+/m1/s1. The van der Waals surface area contributed by atoms with E-state index in [-0.39, 0.29) is 11.5 Å². The van der Waals surface area contributed by atoms with Crippen LogP contribution < -0.4 is 0 Å². The Kier molecular flexibility index (Phi) is 5.26. The second-order valence-electron chi connectivity index (χ2n) is 6.05. The van der Waals surface area contributed by atoms with Gasteiger partial charge in [0.15, 0.2) is 0 Å². The van der Waals surface area contributed by atoms with Crippen LogP contribution >= 0.6 is 0 Å². The van der Waals surface area contributed by atoms with Crippen LogP contribution in [0.2, 0.25) is 0 Å². The Morgan fingerprint density at radius 2 is 2.12 bits per heavy atom. The summed E-state index contributed by atoms with van der Waals surface area (Å²) in [4.78, 5) is 0. The van der Waals surface area contributed by atoms with E-state index in [0.717, 1.165) is 12.8 Å². The highest BCUT2D eigenvalue weighted by Gasteiger charge is 2.37. The van der Waals surface area contributed by atoms with Crippen LogP contribution in [0.5, 0.6) is 0 Å². The van der Waals surface area contributed by atoms with Gasteiger partial charge in [0, 0.05) is 0 Å². The first-order valence-electron chi connectivity index (χ1n) is 6.77. The second kappa shape index (κ2) is 6.02. The number of hydrogen-bond donors (Lipinski definition) is 1. The van der Waals surface area contributed by atoms with Crippen molar-refractivity contribution in [2.75, 3.05) is 6.61 Å². The zero-order valence-corrected chi connectivity index (χ0v) is 11.3.